The van der Waals surface area contributed by atoms with Gasteiger partial charge in [-0.3, -0.25) is 4.68 Å². The molecule has 1 heterocycles. The summed E-state index contributed by atoms with van der Waals surface area (Å²) in [6.07, 6.45) is 8.01. The second kappa shape index (κ2) is 5.46. The number of rotatable bonds is 6. The van der Waals surface area contributed by atoms with Crippen molar-refractivity contribution in [3.63, 3.8) is 0 Å². The molecule has 1 aromatic heterocycles. The van der Waals surface area contributed by atoms with Gasteiger partial charge in [0.15, 0.2) is 0 Å². The maximum Gasteiger partial charge on any atom is 0.0640 e. The van der Waals surface area contributed by atoms with Crippen LogP contribution >= 0.6 is 0 Å². The molecule has 16 heavy (non-hydrogen) atoms. The SMILES string of the molecule is CC(NCc1cnn(CCO)c1)C1CCC1. The van der Waals surface area contributed by atoms with Crippen molar-refractivity contribution in [3.05, 3.63) is 18.0 Å². The van der Waals surface area contributed by atoms with E-state index in [9.17, 15) is 0 Å². The normalized spacial score (nSPS) is 18.4. The Balaban J connectivity index is 1.75. The zero-order valence-electron chi connectivity index (χ0n) is 9.89. The molecule has 2 rings (SSSR count). The summed E-state index contributed by atoms with van der Waals surface area (Å²) in [5.74, 6) is 0.868. The molecule has 1 saturated carbocycles. The van der Waals surface area contributed by atoms with Gasteiger partial charge >= 0.3 is 0 Å². The maximum absolute atomic E-state index is 8.78. The monoisotopic (exact) mass is 223 g/mol. The van der Waals surface area contributed by atoms with E-state index in [4.69, 9.17) is 5.11 Å². The highest BCUT2D eigenvalue weighted by molar-refractivity contribution is 5.03. The fraction of sp³-hybridized carbons (Fsp3) is 0.750. The van der Waals surface area contributed by atoms with Crippen molar-refractivity contribution < 1.29 is 5.11 Å². The molecular formula is C12H21N3O. The summed E-state index contributed by atoms with van der Waals surface area (Å²) >= 11 is 0. The first kappa shape index (κ1) is 11.6. The van der Waals surface area contributed by atoms with Crippen LogP contribution in [0.2, 0.25) is 0 Å². The van der Waals surface area contributed by atoms with Crippen molar-refractivity contribution in [1.82, 2.24) is 15.1 Å². The largest absolute Gasteiger partial charge is 0.394 e. The summed E-state index contributed by atoms with van der Waals surface area (Å²) in [5, 5.41) is 16.5. The topological polar surface area (TPSA) is 50.1 Å². The molecule has 0 saturated heterocycles. The Kier molecular flexibility index (Phi) is 3.96. The van der Waals surface area contributed by atoms with Crippen LogP contribution in [0.25, 0.3) is 0 Å². The van der Waals surface area contributed by atoms with Gasteiger partial charge in [-0.2, -0.15) is 5.10 Å². The summed E-state index contributed by atoms with van der Waals surface area (Å²) in [4.78, 5) is 0. The fourth-order valence-corrected chi connectivity index (χ4v) is 2.11. The van der Waals surface area contributed by atoms with Gasteiger partial charge in [0, 0.05) is 24.3 Å². The van der Waals surface area contributed by atoms with Gasteiger partial charge in [0.25, 0.3) is 0 Å². The molecule has 1 aliphatic rings. The third-order valence-corrected chi connectivity index (χ3v) is 3.50. The van der Waals surface area contributed by atoms with Crippen LogP contribution in [0.4, 0.5) is 0 Å². The van der Waals surface area contributed by atoms with E-state index in [0.29, 0.717) is 12.6 Å². The quantitative estimate of drug-likeness (QED) is 0.760. The van der Waals surface area contributed by atoms with Crippen LogP contribution in [0.15, 0.2) is 12.4 Å². The van der Waals surface area contributed by atoms with E-state index in [-0.39, 0.29) is 6.61 Å². The van der Waals surface area contributed by atoms with Gasteiger partial charge in [-0.05, 0) is 25.7 Å². The van der Waals surface area contributed by atoms with Gasteiger partial charge < -0.3 is 10.4 Å². The highest BCUT2D eigenvalue weighted by atomic mass is 16.3. The molecule has 4 heteroatoms. The van der Waals surface area contributed by atoms with Gasteiger partial charge in [0.1, 0.15) is 0 Å². The molecule has 0 aliphatic heterocycles. The summed E-state index contributed by atoms with van der Waals surface area (Å²) < 4.78 is 1.78. The maximum atomic E-state index is 8.78. The van der Waals surface area contributed by atoms with Crippen molar-refractivity contribution in [2.24, 2.45) is 5.92 Å². The number of nitrogens with one attached hydrogen (secondary N) is 1. The minimum Gasteiger partial charge on any atom is -0.394 e. The summed E-state index contributed by atoms with van der Waals surface area (Å²) in [6, 6.07) is 0.606. The summed E-state index contributed by atoms with van der Waals surface area (Å²) in [7, 11) is 0. The van der Waals surface area contributed by atoms with E-state index in [1.54, 1.807) is 4.68 Å². The first-order valence-corrected chi connectivity index (χ1v) is 6.15. The standard InChI is InChI=1S/C12H21N3O/c1-10(12-3-2-4-12)13-7-11-8-14-15(9-11)5-6-16/h8-10,12-13,16H,2-7H2,1H3. The lowest BCUT2D eigenvalue weighted by molar-refractivity contribution is 0.240. The number of nitrogens with zero attached hydrogens (tertiary/aromatic N) is 2. The molecule has 1 aliphatic carbocycles. The lowest BCUT2D eigenvalue weighted by atomic mass is 9.80. The fourth-order valence-electron chi connectivity index (χ4n) is 2.11. The molecule has 1 aromatic rings. The minimum atomic E-state index is 0.146. The van der Waals surface area contributed by atoms with Gasteiger partial charge in [-0.25, -0.2) is 0 Å². The van der Waals surface area contributed by atoms with Crippen LogP contribution in [-0.4, -0.2) is 27.5 Å². The highest BCUT2D eigenvalue weighted by Crippen LogP contribution is 2.29. The average molecular weight is 223 g/mol. The van der Waals surface area contributed by atoms with Crippen LogP contribution < -0.4 is 5.32 Å². The molecule has 1 unspecified atom stereocenters. The van der Waals surface area contributed by atoms with Crippen LogP contribution in [0.5, 0.6) is 0 Å². The average Bonchev–Trinajstić information content (AvgIpc) is 2.61. The number of aromatic nitrogens is 2. The number of hydrogen-bond acceptors (Lipinski definition) is 3. The van der Waals surface area contributed by atoms with Gasteiger partial charge in [-0.15, -0.1) is 0 Å². The first-order chi connectivity index (χ1) is 7.79. The van der Waals surface area contributed by atoms with Crippen molar-refractivity contribution in [1.29, 1.82) is 0 Å². The second-order valence-corrected chi connectivity index (χ2v) is 4.70. The highest BCUT2D eigenvalue weighted by Gasteiger charge is 2.23. The molecule has 4 nitrogen and oxygen atoms in total. The Hall–Kier alpha value is -0.870. The molecule has 2 N–H and O–H groups in total. The van der Waals surface area contributed by atoms with E-state index < -0.39 is 0 Å². The summed E-state index contributed by atoms with van der Waals surface area (Å²) in [5.41, 5.74) is 1.19. The van der Waals surface area contributed by atoms with Crippen molar-refractivity contribution in [3.8, 4) is 0 Å². The van der Waals surface area contributed by atoms with Crippen molar-refractivity contribution in [2.75, 3.05) is 6.61 Å². The molecular weight excluding hydrogens is 202 g/mol. The van der Waals surface area contributed by atoms with Crippen LogP contribution in [0.3, 0.4) is 0 Å². The van der Waals surface area contributed by atoms with E-state index >= 15 is 0 Å². The second-order valence-electron chi connectivity index (χ2n) is 4.70. The lowest BCUT2D eigenvalue weighted by Gasteiger charge is -2.31. The van der Waals surface area contributed by atoms with E-state index in [2.05, 4.69) is 17.3 Å². The number of aliphatic hydroxyl groups excluding tert-OH is 1. The van der Waals surface area contributed by atoms with Gasteiger partial charge in [-0.1, -0.05) is 6.42 Å². The molecule has 0 spiro atoms. The molecule has 0 radical (unpaired) electrons. The Morgan fingerprint density at radius 2 is 2.44 bits per heavy atom. The van der Waals surface area contributed by atoms with E-state index in [0.717, 1.165) is 12.5 Å². The number of aliphatic hydroxyl groups is 1. The molecule has 1 fully saturated rings. The Labute approximate surface area is 96.7 Å². The Morgan fingerprint density at radius 1 is 1.62 bits per heavy atom. The number of hydrogen-bond donors (Lipinski definition) is 2. The predicted molar refractivity (Wildman–Crippen MR) is 63.0 cm³/mol. The van der Waals surface area contributed by atoms with Gasteiger partial charge in [0.05, 0.1) is 19.3 Å². The van der Waals surface area contributed by atoms with Gasteiger partial charge in [0.2, 0.25) is 0 Å². The predicted octanol–water partition coefficient (Wildman–Crippen LogP) is 1.15. The molecule has 0 amide bonds. The molecule has 0 aromatic carbocycles. The molecule has 90 valence electrons. The summed E-state index contributed by atoms with van der Waals surface area (Å²) in [6.45, 7) is 3.87. The third kappa shape index (κ3) is 2.83. The molecule has 1 atom stereocenters. The first-order valence-electron chi connectivity index (χ1n) is 6.15. The van der Waals surface area contributed by atoms with Crippen LogP contribution in [0, 0.1) is 5.92 Å². The third-order valence-electron chi connectivity index (χ3n) is 3.50. The molecule has 0 bridgehead atoms. The Bertz CT molecular complexity index is 320. The smallest absolute Gasteiger partial charge is 0.0640 e. The van der Waals surface area contributed by atoms with E-state index in [1.807, 2.05) is 12.4 Å². The van der Waals surface area contributed by atoms with E-state index in [1.165, 1.54) is 24.8 Å². The lowest BCUT2D eigenvalue weighted by Crippen LogP contribution is -2.36. The zero-order chi connectivity index (χ0) is 11.4. The zero-order valence-corrected chi connectivity index (χ0v) is 9.89. The Morgan fingerprint density at radius 3 is 3.06 bits per heavy atom. The van der Waals surface area contributed by atoms with Crippen LogP contribution in [0.1, 0.15) is 31.7 Å². The van der Waals surface area contributed by atoms with Crippen molar-refractivity contribution >= 4 is 0 Å². The van der Waals surface area contributed by atoms with Crippen LogP contribution in [-0.2, 0) is 13.1 Å². The minimum absolute atomic E-state index is 0.146. The van der Waals surface area contributed by atoms with Crippen molar-refractivity contribution in [2.45, 2.75) is 45.3 Å².